The first kappa shape index (κ1) is 23.2. The highest BCUT2D eigenvalue weighted by atomic mass is 16.5. The summed E-state index contributed by atoms with van der Waals surface area (Å²) in [6.45, 7) is 2.57. The van der Waals surface area contributed by atoms with Crippen LogP contribution in [0.3, 0.4) is 0 Å². The van der Waals surface area contributed by atoms with Crippen LogP contribution in [-0.4, -0.2) is 57.3 Å². The fraction of sp³-hybridized carbons (Fsp3) is 0.500. The van der Waals surface area contributed by atoms with Crippen LogP contribution in [-0.2, 0) is 24.7 Å². The van der Waals surface area contributed by atoms with Crippen molar-refractivity contribution < 1.29 is 14.6 Å². The molecule has 2 atom stereocenters. The van der Waals surface area contributed by atoms with Crippen LogP contribution in [0.15, 0.2) is 43.0 Å². The molecule has 2 aromatic heterocycles. The summed E-state index contributed by atoms with van der Waals surface area (Å²) < 4.78 is 7.43. The molecule has 1 N–H and O–H groups in total. The molecule has 0 radical (unpaired) electrons. The Labute approximate surface area is 195 Å². The normalized spacial score (nSPS) is 19.1. The van der Waals surface area contributed by atoms with Crippen molar-refractivity contribution in [3.8, 4) is 5.75 Å². The SMILES string of the molecule is COc1ccc2nccc(CCC[C@@H]3CCN(CCCc4cncn4C)C[C@@H]3C(=O)O)c2c1. The van der Waals surface area contributed by atoms with E-state index in [-0.39, 0.29) is 11.8 Å². The molecule has 176 valence electrons. The summed E-state index contributed by atoms with van der Waals surface area (Å²) in [7, 11) is 3.69. The summed E-state index contributed by atoms with van der Waals surface area (Å²) in [6, 6.07) is 8.03. The highest BCUT2D eigenvalue weighted by Crippen LogP contribution is 2.30. The summed E-state index contributed by atoms with van der Waals surface area (Å²) >= 11 is 0. The molecule has 0 amide bonds. The van der Waals surface area contributed by atoms with E-state index in [1.165, 1.54) is 11.3 Å². The van der Waals surface area contributed by atoms with Crippen molar-refractivity contribution in [1.82, 2.24) is 19.4 Å². The van der Waals surface area contributed by atoms with Gasteiger partial charge in [0, 0.05) is 37.1 Å². The Morgan fingerprint density at radius 3 is 2.88 bits per heavy atom. The molecule has 33 heavy (non-hydrogen) atoms. The van der Waals surface area contributed by atoms with Crippen LogP contribution in [0, 0.1) is 11.8 Å². The second-order valence-corrected chi connectivity index (χ2v) is 9.14. The van der Waals surface area contributed by atoms with Crippen LogP contribution in [0.25, 0.3) is 10.9 Å². The second kappa shape index (κ2) is 10.8. The molecule has 7 heteroatoms. The fourth-order valence-electron chi connectivity index (χ4n) is 5.09. The first-order chi connectivity index (χ1) is 16.0. The average Bonchev–Trinajstić information content (AvgIpc) is 3.24. The van der Waals surface area contributed by atoms with Gasteiger partial charge in [-0.1, -0.05) is 0 Å². The third-order valence-corrected chi connectivity index (χ3v) is 7.04. The van der Waals surface area contributed by atoms with E-state index in [9.17, 15) is 9.90 Å². The average molecular weight is 451 g/mol. The number of aryl methyl sites for hydroxylation is 3. The molecule has 3 heterocycles. The van der Waals surface area contributed by atoms with Gasteiger partial charge < -0.3 is 19.3 Å². The third-order valence-electron chi connectivity index (χ3n) is 7.04. The van der Waals surface area contributed by atoms with Crippen molar-refractivity contribution in [2.75, 3.05) is 26.7 Å². The molecular formula is C26H34N4O3. The number of carbonyl (C=O) groups is 1. The number of hydrogen-bond acceptors (Lipinski definition) is 5. The third kappa shape index (κ3) is 5.71. The lowest BCUT2D eigenvalue weighted by atomic mass is 9.81. The number of likely N-dealkylation sites (tertiary alicyclic amines) is 1. The molecule has 3 aromatic rings. The molecule has 1 aliphatic heterocycles. The maximum Gasteiger partial charge on any atom is 0.308 e. The van der Waals surface area contributed by atoms with Gasteiger partial charge in [-0.15, -0.1) is 0 Å². The van der Waals surface area contributed by atoms with E-state index in [2.05, 4.69) is 20.9 Å². The molecule has 1 aromatic carbocycles. The number of piperidine rings is 1. The maximum atomic E-state index is 12.0. The molecule has 7 nitrogen and oxygen atoms in total. The van der Waals surface area contributed by atoms with Gasteiger partial charge >= 0.3 is 5.97 Å². The van der Waals surface area contributed by atoms with Crippen LogP contribution in [0.1, 0.15) is 36.9 Å². The minimum atomic E-state index is -0.657. The highest BCUT2D eigenvalue weighted by Gasteiger charge is 2.33. The Morgan fingerprint density at radius 1 is 1.24 bits per heavy atom. The van der Waals surface area contributed by atoms with E-state index in [1.54, 1.807) is 7.11 Å². The van der Waals surface area contributed by atoms with Crippen molar-refractivity contribution in [3.05, 3.63) is 54.2 Å². The Morgan fingerprint density at radius 2 is 2.12 bits per heavy atom. The van der Waals surface area contributed by atoms with Crippen molar-refractivity contribution >= 4 is 16.9 Å². The number of pyridine rings is 1. The Hall–Kier alpha value is -2.93. The van der Waals surface area contributed by atoms with Gasteiger partial charge in [-0.3, -0.25) is 9.78 Å². The lowest BCUT2D eigenvalue weighted by Crippen LogP contribution is -2.44. The second-order valence-electron chi connectivity index (χ2n) is 9.14. The minimum Gasteiger partial charge on any atom is -0.497 e. The molecule has 0 aliphatic carbocycles. The van der Waals surface area contributed by atoms with Crippen molar-refractivity contribution in [2.45, 2.75) is 38.5 Å². The molecule has 4 rings (SSSR count). The number of benzene rings is 1. The maximum absolute atomic E-state index is 12.0. The smallest absolute Gasteiger partial charge is 0.308 e. The largest absolute Gasteiger partial charge is 0.497 e. The summed E-state index contributed by atoms with van der Waals surface area (Å²) in [6.07, 6.45) is 11.4. The van der Waals surface area contributed by atoms with Crippen molar-refractivity contribution in [3.63, 3.8) is 0 Å². The number of methoxy groups -OCH3 is 1. The molecular weight excluding hydrogens is 416 g/mol. The number of ether oxygens (including phenoxy) is 1. The molecule has 0 unspecified atom stereocenters. The number of rotatable bonds is 10. The van der Waals surface area contributed by atoms with Crippen LogP contribution in [0.4, 0.5) is 0 Å². The summed E-state index contributed by atoms with van der Waals surface area (Å²) in [5, 5.41) is 11.0. The summed E-state index contributed by atoms with van der Waals surface area (Å²) in [5.74, 6) is 0.122. The van der Waals surface area contributed by atoms with E-state index < -0.39 is 5.97 Å². The van der Waals surface area contributed by atoms with Crippen LogP contribution in [0.2, 0.25) is 0 Å². The summed E-state index contributed by atoms with van der Waals surface area (Å²) in [5.41, 5.74) is 3.44. The van der Waals surface area contributed by atoms with Crippen LogP contribution >= 0.6 is 0 Å². The van der Waals surface area contributed by atoms with Crippen molar-refractivity contribution in [1.29, 1.82) is 0 Å². The fourth-order valence-corrected chi connectivity index (χ4v) is 5.09. The van der Waals surface area contributed by atoms with Crippen LogP contribution in [0.5, 0.6) is 5.75 Å². The topological polar surface area (TPSA) is 80.5 Å². The van der Waals surface area contributed by atoms with Gasteiger partial charge in [-0.2, -0.15) is 0 Å². The highest BCUT2D eigenvalue weighted by molar-refractivity contribution is 5.83. The van der Waals surface area contributed by atoms with E-state index in [0.717, 1.165) is 68.3 Å². The van der Waals surface area contributed by atoms with E-state index in [0.29, 0.717) is 6.54 Å². The number of aromatic nitrogens is 3. The lowest BCUT2D eigenvalue weighted by molar-refractivity contribution is -0.146. The zero-order valence-electron chi connectivity index (χ0n) is 19.6. The number of carboxylic acids is 1. The number of carboxylic acid groups (broad SMARTS) is 1. The minimum absolute atomic E-state index is 0.235. The van der Waals surface area contributed by atoms with Gasteiger partial charge in [0.15, 0.2) is 0 Å². The van der Waals surface area contributed by atoms with Gasteiger partial charge in [0.25, 0.3) is 0 Å². The van der Waals surface area contributed by atoms with Gasteiger partial charge in [-0.25, -0.2) is 4.98 Å². The molecule has 1 saturated heterocycles. The lowest BCUT2D eigenvalue weighted by Gasteiger charge is -2.36. The number of fused-ring (bicyclic) bond motifs is 1. The van der Waals surface area contributed by atoms with E-state index >= 15 is 0 Å². The standard InChI is InChI=1S/C26H34N4O3/c1-29-18-27-16-21(29)7-4-13-30-14-11-20(24(17-30)26(31)32)6-3-5-19-10-12-28-25-9-8-22(33-2)15-23(19)25/h8-10,12,15-16,18,20,24H,3-7,11,13-14,17H2,1-2H3,(H,31,32)/t20-,24+/m1/s1. The number of nitrogens with zero attached hydrogens (tertiary/aromatic N) is 4. The monoisotopic (exact) mass is 450 g/mol. The van der Waals surface area contributed by atoms with E-state index in [4.69, 9.17) is 4.74 Å². The first-order valence-corrected chi connectivity index (χ1v) is 11.9. The molecule has 0 spiro atoms. The van der Waals surface area contributed by atoms with E-state index in [1.807, 2.05) is 48.5 Å². The Bertz CT molecular complexity index is 1080. The first-order valence-electron chi connectivity index (χ1n) is 11.9. The quantitative estimate of drug-likeness (QED) is 0.504. The zero-order chi connectivity index (χ0) is 23.2. The number of aliphatic carboxylic acids is 1. The Balaban J connectivity index is 1.30. The Kier molecular flexibility index (Phi) is 7.60. The van der Waals surface area contributed by atoms with Crippen LogP contribution < -0.4 is 4.74 Å². The van der Waals surface area contributed by atoms with Crippen molar-refractivity contribution in [2.24, 2.45) is 18.9 Å². The molecule has 1 aliphatic rings. The predicted molar refractivity (Wildman–Crippen MR) is 128 cm³/mol. The predicted octanol–water partition coefficient (Wildman–Crippen LogP) is 3.96. The summed E-state index contributed by atoms with van der Waals surface area (Å²) in [4.78, 5) is 23.0. The zero-order valence-corrected chi connectivity index (χ0v) is 19.6. The molecule has 0 saturated carbocycles. The number of imidazole rings is 1. The molecule has 0 bridgehead atoms. The van der Waals surface area contributed by atoms with Gasteiger partial charge in [0.2, 0.25) is 0 Å². The van der Waals surface area contributed by atoms with Gasteiger partial charge in [-0.05, 0) is 87.4 Å². The molecule has 1 fully saturated rings. The number of hydrogen-bond donors (Lipinski definition) is 1. The van der Waals surface area contributed by atoms with Gasteiger partial charge in [0.1, 0.15) is 5.75 Å². The van der Waals surface area contributed by atoms with Gasteiger partial charge in [0.05, 0.1) is 24.9 Å².